The van der Waals surface area contributed by atoms with Gasteiger partial charge >= 0.3 is 6.03 Å². The van der Waals surface area contributed by atoms with Gasteiger partial charge in [-0.3, -0.25) is 14.6 Å². The first-order valence-electron chi connectivity index (χ1n) is 14.8. The van der Waals surface area contributed by atoms with E-state index in [4.69, 9.17) is 4.42 Å². The van der Waals surface area contributed by atoms with E-state index in [-0.39, 0.29) is 30.9 Å². The van der Waals surface area contributed by atoms with Crippen LogP contribution >= 0.6 is 0 Å². The van der Waals surface area contributed by atoms with Gasteiger partial charge in [0.05, 0.1) is 19.4 Å². The van der Waals surface area contributed by atoms with Gasteiger partial charge in [0.2, 0.25) is 11.8 Å². The number of amides is 4. The number of rotatable bonds is 7. The second-order valence-corrected chi connectivity index (χ2v) is 11.4. The van der Waals surface area contributed by atoms with E-state index in [9.17, 15) is 14.4 Å². The molecule has 0 unspecified atom stereocenters. The zero-order valence-corrected chi connectivity index (χ0v) is 24.4. The summed E-state index contributed by atoms with van der Waals surface area (Å²) in [6.45, 7) is 1.05. The second kappa shape index (κ2) is 11.5. The Morgan fingerprint density at radius 2 is 1.70 bits per heavy atom. The Bertz CT molecular complexity index is 1850. The van der Waals surface area contributed by atoms with Crippen LogP contribution < -0.4 is 5.32 Å². The fourth-order valence-corrected chi connectivity index (χ4v) is 6.46. The standard InChI is InChI=1S/C35H33N5O4/c1-37(35(43)36-20-24-8-3-2-4-9-24)39-23-33(41)40-30(19-25-14-15-31-27(18-25)16-17-44-31)34(42)38(22-32(39)40)21-28-12-7-11-26-10-5-6-13-29(26)28/h2-18,30,32H,19-23H2,1H3,(H,36,43)/t30-,32+/m0/s1. The molecule has 2 saturated heterocycles. The van der Waals surface area contributed by atoms with Crippen LogP contribution in [-0.2, 0) is 29.1 Å². The molecule has 3 heterocycles. The molecule has 0 aliphatic carbocycles. The molecule has 0 bridgehead atoms. The Morgan fingerprint density at radius 1 is 0.909 bits per heavy atom. The number of furan rings is 1. The molecule has 2 aliphatic rings. The van der Waals surface area contributed by atoms with Gasteiger partial charge in [-0.15, -0.1) is 0 Å². The lowest BCUT2D eigenvalue weighted by atomic mass is 9.98. The van der Waals surface area contributed by atoms with Crippen molar-refractivity contribution >= 4 is 39.6 Å². The number of nitrogens with one attached hydrogen (secondary N) is 1. The Hall–Kier alpha value is -5.15. The molecule has 5 aromatic rings. The molecule has 0 saturated carbocycles. The minimum absolute atomic E-state index is 0.00652. The third-order valence-corrected chi connectivity index (χ3v) is 8.72. The topological polar surface area (TPSA) is 89.3 Å². The minimum Gasteiger partial charge on any atom is -0.464 e. The van der Waals surface area contributed by atoms with Crippen molar-refractivity contribution < 1.29 is 18.8 Å². The Labute approximate surface area is 255 Å². The van der Waals surface area contributed by atoms with E-state index in [0.717, 1.165) is 38.4 Å². The summed E-state index contributed by atoms with van der Waals surface area (Å²) in [5.74, 6) is -0.280. The number of fused-ring (bicyclic) bond motifs is 3. The highest BCUT2D eigenvalue weighted by molar-refractivity contribution is 5.92. The van der Waals surface area contributed by atoms with Crippen molar-refractivity contribution in [3.8, 4) is 0 Å². The third-order valence-electron chi connectivity index (χ3n) is 8.72. The number of hydrazine groups is 1. The van der Waals surface area contributed by atoms with E-state index in [2.05, 4.69) is 23.5 Å². The normalized spacial score (nSPS) is 18.7. The average molecular weight is 588 g/mol. The predicted molar refractivity (Wildman–Crippen MR) is 167 cm³/mol. The molecular weight excluding hydrogens is 554 g/mol. The van der Waals surface area contributed by atoms with Crippen molar-refractivity contribution in [1.29, 1.82) is 0 Å². The van der Waals surface area contributed by atoms with E-state index in [1.54, 1.807) is 23.2 Å². The molecule has 7 rings (SSSR count). The molecular formula is C35H33N5O4. The molecule has 1 aromatic heterocycles. The summed E-state index contributed by atoms with van der Waals surface area (Å²) in [5.41, 5.74) is 3.72. The van der Waals surface area contributed by atoms with Gasteiger partial charge in [0.25, 0.3) is 0 Å². The summed E-state index contributed by atoms with van der Waals surface area (Å²) < 4.78 is 5.51. The predicted octanol–water partition coefficient (Wildman–Crippen LogP) is 4.77. The van der Waals surface area contributed by atoms with Crippen molar-refractivity contribution in [3.05, 3.63) is 120 Å². The largest absolute Gasteiger partial charge is 0.464 e. The molecule has 0 spiro atoms. The monoisotopic (exact) mass is 587 g/mol. The fraction of sp³-hybridized carbons (Fsp3) is 0.229. The van der Waals surface area contributed by atoms with Crippen LogP contribution in [0.5, 0.6) is 0 Å². The molecule has 1 N–H and O–H groups in total. The maximum Gasteiger partial charge on any atom is 0.332 e. The number of carbonyl (C=O) groups is 3. The highest BCUT2D eigenvalue weighted by Gasteiger charge is 2.51. The SMILES string of the molecule is CN(C(=O)NCc1ccccc1)N1CC(=O)N2[C@@H](Cc3ccc4occc4c3)C(=O)N(Cc3cccc4ccccc34)C[C@@H]21. The number of hydrogen-bond acceptors (Lipinski definition) is 5. The molecule has 4 amide bonds. The van der Waals surface area contributed by atoms with Crippen LogP contribution in [0.15, 0.2) is 108 Å². The van der Waals surface area contributed by atoms with Crippen molar-refractivity contribution in [2.24, 2.45) is 0 Å². The van der Waals surface area contributed by atoms with Crippen molar-refractivity contribution in [2.75, 3.05) is 20.1 Å². The lowest BCUT2D eigenvalue weighted by Gasteiger charge is -2.46. The summed E-state index contributed by atoms with van der Waals surface area (Å²) in [5, 5.41) is 9.35. The lowest BCUT2D eigenvalue weighted by Crippen LogP contribution is -2.65. The van der Waals surface area contributed by atoms with Gasteiger partial charge in [0.1, 0.15) is 17.8 Å². The van der Waals surface area contributed by atoms with Gasteiger partial charge in [-0.1, -0.05) is 78.9 Å². The summed E-state index contributed by atoms with van der Waals surface area (Å²) in [7, 11) is 1.67. The van der Waals surface area contributed by atoms with Gasteiger partial charge in [0.15, 0.2) is 0 Å². The first-order valence-corrected chi connectivity index (χ1v) is 14.8. The van der Waals surface area contributed by atoms with Crippen LogP contribution in [0, 0.1) is 0 Å². The van der Waals surface area contributed by atoms with Gasteiger partial charge in [0, 0.05) is 31.9 Å². The smallest absolute Gasteiger partial charge is 0.332 e. The van der Waals surface area contributed by atoms with Gasteiger partial charge in [-0.05, 0) is 45.7 Å². The molecule has 44 heavy (non-hydrogen) atoms. The maximum absolute atomic E-state index is 14.2. The van der Waals surface area contributed by atoms with E-state index < -0.39 is 12.2 Å². The molecule has 2 aliphatic heterocycles. The first kappa shape index (κ1) is 27.7. The maximum atomic E-state index is 14.2. The number of piperazine rings is 1. The molecule has 9 heteroatoms. The summed E-state index contributed by atoms with van der Waals surface area (Å²) in [6, 6.07) is 30.6. The van der Waals surface area contributed by atoms with E-state index in [1.807, 2.05) is 83.8 Å². The molecule has 2 fully saturated rings. The first-order chi connectivity index (χ1) is 21.5. The molecule has 2 atom stereocenters. The zero-order chi connectivity index (χ0) is 30.2. The lowest BCUT2D eigenvalue weighted by molar-refractivity contribution is -0.157. The van der Waals surface area contributed by atoms with Gasteiger partial charge < -0.3 is 19.5 Å². The molecule has 222 valence electrons. The highest BCUT2D eigenvalue weighted by Crippen LogP contribution is 2.31. The summed E-state index contributed by atoms with van der Waals surface area (Å²) in [4.78, 5) is 44.7. The quantitative estimate of drug-likeness (QED) is 0.297. The fourth-order valence-electron chi connectivity index (χ4n) is 6.46. The van der Waals surface area contributed by atoms with Crippen molar-refractivity contribution in [1.82, 2.24) is 25.1 Å². The van der Waals surface area contributed by atoms with Crippen LogP contribution in [0.1, 0.15) is 16.7 Å². The van der Waals surface area contributed by atoms with Gasteiger partial charge in [-0.25, -0.2) is 4.79 Å². The van der Waals surface area contributed by atoms with Crippen molar-refractivity contribution in [2.45, 2.75) is 31.7 Å². The Balaban J connectivity index is 1.19. The van der Waals surface area contributed by atoms with E-state index in [0.29, 0.717) is 19.5 Å². The van der Waals surface area contributed by atoms with E-state index in [1.165, 1.54) is 5.01 Å². The molecule has 9 nitrogen and oxygen atoms in total. The number of nitrogens with zero attached hydrogens (tertiary/aromatic N) is 4. The van der Waals surface area contributed by atoms with Crippen LogP contribution in [0.2, 0.25) is 0 Å². The Morgan fingerprint density at radius 3 is 2.57 bits per heavy atom. The van der Waals surface area contributed by atoms with Crippen LogP contribution in [0.4, 0.5) is 4.79 Å². The summed E-state index contributed by atoms with van der Waals surface area (Å²) in [6.07, 6.45) is 1.50. The summed E-state index contributed by atoms with van der Waals surface area (Å²) >= 11 is 0. The third kappa shape index (κ3) is 5.16. The van der Waals surface area contributed by atoms with Crippen LogP contribution in [0.25, 0.3) is 21.7 Å². The second-order valence-electron chi connectivity index (χ2n) is 11.4. The van der Waals surface area contributed by atoms with Crippen LogP contribution in [0.3, 0.4) is 0 Å². The molecule has 4 aromatic carbocycles. The number of benzene rings is 4. The Kier molecular flexibility index (Phi) is 7.23. The number of hydrogen-bond donors (Lipinski definition) is 1. The average Bonchev–Trinajstić information content (AvgIpc) is 3.65. The number of urea groups is 1. The highest BCUT2D eigenvalue weighted by atomic mass is 16.3. The van der Waals surface area contributed by atoms with Crippen molar-refractivity contribution in [3.63, 3.8) is 0 Å². The molecule has 0 radical (unpaired) electrons. The van der Waals surface area contributed by atoms with E-state index >= 15 is 0 Å². The minimum atomic E-state index is -0.716. The number of carbonyl (C=O) groups excluding carboxylic acids is 3. The zero-order valence-electron chi connectivity index (χ0n) is 24.4. The van der Waals surface area contributed by atoms with Crippen LogP contribution in [-0.4, -0.2) is 70.0 Å². The van der Waals surface area contributed by atoms with Gasteiger partial charge in [-0.2, -0.15) is 5.01 Å².